The Kier molecular flexibility index (Phi) is 8.06. The SMILES string of the molecule is Cc1ccc(OCCC(=O)Nc2ccc(CCN3CCC(C(N)=O)CC3)cc2)c(C)c1. The molecule has 0 unspecified atom stereocenters. The van der Waals surface area contributed by atoms with Crippen LogP contribution >= 0.6 is 0 Å². The van der Waals surface area contributed by atoms with E-state index >= 15 is 0 Å². The first kappa shape index (κ1) is 22.8. The average Bonchev–Trinajstić information content (AvgIpc) is 2.75. The van der Waals surface area contributed by atoms with Crippen LogP contribution in [0, 0.1) is 19.8 Å². The van der Waals surface area contributed by atoms with E-state index < -0.39 is 0 Å². The average molecular weight is 424 g/mol. The molecule has 6 nitrogen and oxygen atoms in total. The number of carbonyl (C=O) groups is 2. The zero-order valence-corrected chi connectivity index (χ0v) is 18.5. The van der Waals surface area contributed by atoms with Crippen molar-refractivity contribution in [3.63, 3.8) is 0 Å². The van der Waals surface area contributed by atoms with Crippen LogP contribution in [0.25, 0.3) is 0 Å². The molecule has 1 heterocycles. The van der Waals surface area contributed by atoms with Gasteiger partial charge in [-0.05, 0) is 75.5 Å². The summed E-state index contributed by atoms with van der Waals surface area (Å²) in [5.41, 5.74) is 9.69. The van der Waals surface area contributed by atoms with Gasteiger partial charge < -0.3 is 20.7 Å². The predicted octanol–water partition coefficient (Wildman–Crippen LogP) is 3.45. The van der Waals surface area contributed by atoms with Gasteiger partial charge in [-0.2, -0.15) is 0 Å². The molecule has 0 atom stereocenters. The molecule has 0 aliphatic carbocycles. The number of nitrogens with one attached hydrogen (secondary N) is 1. The summed E-state index contributed by atoms with van der Waals surface area (Å²) in [4.78, 5) is 25.8. The largest absolute Gasteiger partial charge is 0.493 e. The molecule has 31 heavy (non-hydrogen) atoms. The third-order valence-electron chi connectivity index (χ3n) is 5.86. The first-order chi connectivity index (χ1) is 14.9. The lowest BCUT2D eigenvalue weighted by Crippen LogP contribution is -2.39. The van der Waals surface area contributed by atoms with Crippen LogP contribution in [0.15, 0.2) is 42.5 Å². The van der Waals surface area contributed by atoms with Crippen molar-refractivity contribution >= 4 is 17.5 Å². The zero-order valence-electron chi connectivity index (χ0n) is 18.5. The fraction of sp³-hybridized carbons (Fsp3) is 0.440. The van der Waals surface area contributed by atoms with Gasteiger partial charge in [0.15, 0.2) is 0 Å². The summed E-state index contributed by atoms with van der Waals surface area (Å²) in [6.07, 6.45) is 2.95. The van der Waals surface area contributed by atoms with E-state index in [2.05, 4.69) is 28.4 Å². The van der Waals surface area contributed by atoms with Crippen LogP contribution in [-0.4, -0.2) is 43.0 Å². The van der Waals surface area contributed by atoms with Crippen molar-refractivity contribution in [1.82, 2.24) is 4.90 Å². The van der Waals surface area contributed by atoms with Gasteiger partial charge in [0, 0.05) is 18.2 Å². The van der Waals surface area contributed by atoms with Crippen LogP contribution in [-0.2, 0) is 16.0 Å². The number of rotatable bonds is 9. The van der Waals surface area contributed by atoms with Gasteiger partial charge in [0.1, 0.15) is 5.75 Å². The fourth-order valence-corrected chi connectivity index (χ4v) is 3.92. The highest BCUT2D eigenvalue weighted by molar-refractivity contribution is 5.90. The van der Waals surface area contributed by atoms with Crippen molar-refractivity contribution in [3.8, 4) is 5.75 Å². The van der Waals surface area contributed by atoms with E-state index in [1.807, 2.05) is 38.1 Å². The summed E-state index contributed by atoms with van der Waals surface area (Å²) in [6, 6.07) is 14.0. The number of hydrogen-bond acceptors (Lipinski definition) is 4. The van der Waals surface area contributed by atoms with Crippen molar-refractivity contribution in [2.24, 2.45) is 11.7 Å². The maximum Gasteiger partial charge on any atom is 0.227 e. The number of nitrogens with two attached hydrogens (primary N) is 1. The fourth-order valence-electron chi connectivity index (χ4n) is 3.92. The van der Waals surface area contributed by atoms with E-state index in [4.69, 9.17) is 10.5 Å². The third kappa shape index (κ3) is 7.10. The third-order valence-corrected chi connectivity index (χ3v) is 5.86. The molecule has 2 amide bonds. The molecule has 2 aromatic carbocycles. The van der Waals surface area contributed by atoms with Gasteiger partial charge in [-0.3, -0.25) is 9.59 Å². The van der Waals surface area contributed by atoms with Crippen LogP contribution in [0.1, 0.15) is 36.0 Å². The standard InChI is InChI=1S/C25H33N3O3/c1-18-3-8-23(19(2)17-18)31-16-12-24(29)27-22-6-4-20(5-7-22)9-13-28-14-10-21(11-15-28)25(26)30/h3-8,17,21H,9-16H2,1-2H3,(H2,26,30)(H,27,29). The van der Waals surface area contributed by atoms with Crippen molar-refractivity contribution in [1.29, 1.82) is 0 Å². The Morgan fingerprint density at radius 2 is 1.81 bits per heavy atom. The highest BCUT2D eigenvalue weighted by Gasteiger charge is 2.22. The van der Waals surface area contributed by atoms with Gasteiger partial charge in [-0.15, -0.1) is 0 Å². The van der Waals surface area contributed by atoms with E-state index in [-0.39, 0.29) is 17.7 Å². The minimum absolute atomic E-state index is 0.0328. The summed E-state index contributed by atoms with van der Waals surface area (Å²) >= 11 is 0. The Hall–Kier alpha value is -2.86. The van der Waals surface area contributed by atoms with Crippen molar-refractivity contribution in [2.45, 2.75) is 39.5 Å². The van der Waals surface area contributed by atoms with Gasteiger partial charge in [0.05, 0.1) is 13.0 Å². The van der Waals surface area contributed by atoms with Crippen LogP contribution in [0.4, 0.5) is 5.69 Å². The molecule has 6 heteroatoms. The Balaban J connectivity index is 1.37. The molecule has 1 aliphatic heterocycles. The zero-order chi connectivity index (χ0) is 22.2. The quantitative estimate of drug-likeness (QED) is 0.647. The van der Waals surface area contributed by atoms with Crippen LogP contribution in [0.3, 0.4) is 0 Å². The molecule has 0 radical (unpaired) electrons. The highest BCUT2D eigenvalue weighted by atomic mass is 16.5. The first-order valence-corrected chi connectivity index (χ1v) is 11.0. The second-order valence-electron chi connectivity index (χ2n) is 8.38. The molecule has 2 aromatic rings. The maximum atomic E-state index is 12.2. The van der Waals surface area contributed by atoms with E-state index in [1.165, 1.54) is 11.1 Å². The van der Waals surface area contributed by atoms with Crippen LogP contribution in [0.2, 0.25) is 0 Å². The Labute approximate surface area is 184 Å². The van der Waals surface area contributed by atoms with Gasteiger partial charge in [-0.1, -0.05) is 29.8 Å². The van der Waals surface area contributed by atoms with Crippen LogP contribution < -0.4 is 15.8 Å². The molecule has 166 valence electrons. The normalized spacial score (nSPS) is 14.9. The van der Waals surface area contributed by atoms with Gasteiger partial charge in [-0.25, -0.2) is 0 Å². The predicted molar refractivity (Wildman–Crippen MR) is 123 cm³/mol. The summed E-state index contributed by atoms with van der Waals surface area (Å²) in [5.74, 6) is 0.621. The molecule has 1 aliphatic rings. The van der Waals surface area contributed by atoms with E-state index in [0.717, 1.165) is 55.9 Å². The Bertz CT molecular complexity index is 887. The van der Waals surface area contributed by atoms with E-state index in [9.17, 15) is 9.59 Å². The second-order valence-corrected chi connectivity index (χ2v) is 8.38. The molecule has 1 fully saturated rings. The molecule has 0 bridgehead atoms. The lowest BCUT2D eigenvalue weighted by Gasteiger charge is -2.30. The number of amides is 2. The monoisotopic (exact) mass is 423 g/mol. The minimum Gasteiger partial charge on any atom is -0.493 e. The van der Waals surface area contributed by atoms with E-state index in [0.29, 0.717) is 13.0 Å². The van der Waals surface area contributed by atoms with Gasteiger partial charge >= 0.3 is 0 Å². The molecule has 3 N–H and O–H groups in total. The number of ether oxygens (including phenoxy) is 1. The van der Waals surface area contributed by atoms with Crippen molar-refractivity contribution in [3.05, 3.63) is 59.2 Å². The number of primary amides is 1. The number of benzene rings is 2. The molecular formula is C25H33N3O3. The number of piperidine rings is 1. The number of likely N-dealkylation sites (tertiary alicyclic amines) is 1. The summed E-state index contributed by atoms with van der Waals surface area (Å²) in [5, 5.41) is 2.93. The minimum atomic E-state index is -0.172. The molecule has 0 spiro atoms. The van der Waals surface area contributed by atoms with Crippen molar-refractivity contribution < 1.29 is 14.3 Å². The topological polar surface area (TPSA) is 84.7 Å². The smallest absolute Gasteiger partial charge is 0.227 e. The van der Waals surface area contributed by atoms with Crippen molar-refractivity contribution in [2.75, 3.05) is 31.6 Å². The first-order valence-electron chi connectivity index (χ1n) is 11.0. The second kappa shape index (κ2) is 11.0. The summed E-state index contributed by atoms with van der Waals surface area (Å²) in [7, 11) is 0. The molecule has 1 saturated heterocycles. The molecule has 0 saturated carbocycles. The van der Waals surface area contributed by atoms with E-state index in [1.54, 1.807) is 0 Å². The van der Waals surface area contributed by atoms with Gasteiger partial charge in [0.2, 0.25) is 11.8 Å². The number of nitrogens with zero attached hydrogens (tertiary/aromatic N) is 1. The molecule has 3 rings (SSSR count). The Morgan fingerprint density at radius 3 is 2.45 bits per heavy atom. The Morgan fingerprint density at radius 1 is 1.10 bits per heavy atom. The summed E-state index contributed by atoms with van der Waals surface area (Å²) in [6.45, 7) is 7.21. The maximum absolute atomic E-state index is 12.2. The highest BCUT2D eigenvalue weighted by Crippen LogP contribution is 2.19. The van der Waals surface area contributed by atoms with Crippen LogP contribution in [0.5, 0.6) is 5.75 Å². The van der Waals surface area contributed by atoms with Gasteiger partial charge in [0.25, 0.3) is 0 Å². The number of anilines is 1. The number of aryl methyl sites for hydroxylation is 2. The number of hydrogen-bond donors (Lipinski definition) is 2. The number of carbonyl (C=O) groups excluding carboxylic acids is 2. The molecule has 0 aromatic heterocycles. The summed E-state index contributed by atoms with van der Waals surface area (Å²) < 4.78 is 5.74. The molecular weight excluding hydrogens is 390 g/mol. The lowest BCUT2D eigenvalue weighted by atomic mass is 9.96. The lowest BCUT2D eigenvalue weighted by molar-refractivity contribution is -0.123.